The molecule has 0 aliphatic rings. The molecule has 2 amide bonds. The number of carboxylic acids is 1. The Morgan fingerprint density at radius 3 is 2.48 bits per heavy atom. The van der Waals surface area contributed by atoms with Gasteiger partial charge in [-0.05, 0) is 43.6 Å². The maximum Gasteiger partial charge on any atom is 0.335 e. The topological polar surface area (TPSA) is 107 Å². The number of allylic oxidation sites excluding steroid dienone is 3. The minimum absolute atomic E-state index is 0.0535. The van der Waals surface area contributed by atoms with Gasteiger partial charge in [0, 0.05) is 11.6 Å². The molecule has 0 spiro atoms. The van der Waals surface area contributed by atoms with E-state index in [1.165, 1.54) is 19.1 Å². The van der Waals surface area contributed by atoms with Crippen molar-refractivity contribution in [2.45, 2.75) is 33.1 Å². The first-order chi connectivity index (χ1) is 10.9. The summed E-state index contributed by atoms with van der Waals surface area (Å²) in [4.78, 5) is 34.3. The maximum absolute atomic E-state index is 11.8. The minimum Gasteiger partial charge on any atom is -0.478 e. The standard InChI is InChI=1S/C17H20N2O4/c1-4-6-8-13(14(17(22)23)9-7-10-18)11-12(3)16(21)19-15(20)5-2/h5,7,9,11H,2,4,6,8H2,1,3H3,(H,22,23)(H,19,20,21). The predicted molar refractivity (Wildman–Crippen MR) is 86.0 cm³/mol. The number of hydrogen-bond donors (Lipinski definition) is 2. The highest BCUT2D eigenvalue weighted by atomic mass is 16.4. The van der Waals surface area contributed by atoms with E-state index in [1.54, 1.807) is 6.07 Å². The number of nitriles is 1. The smallest absolute Gasteiger partial charge is 0.335 e. The van der Waals surface area contributed by atoms with Crippen LogP contribution in [0.4, 0.5) is 0 Å². The van der Waals surface area contributed by atoms with Crippen molar-refractivity contribution in [3.8, 4) is 6.07 Å². The van der Waals surface area contributed by atoms with Crippen LogP contribution in [-0.4, -0.2) is 22.9 Å². The van der Waals surface area contributed by atoms with Crippen molar-refractivity contribution in [3.05, 3.63) is 47.6 Å². The first-order valence-corrected chi connectivity index (χ1v) is 7.06. The van der Waals surface area contributed by atoms with Gasteiger partial charge in [-0.2, -0.15) is 5.26 Å². The molecule has 122 valence electrons. The normalized spacial score (nSPS) is 12.3. The zero-order chi connectivity index (χ0) is 17.8. The lowest BCUT2D eigenvalue weighted by atomic mass is 9.99. The van der Waals surface area contributed by atoms with E-state index >= 15 is 0 Å². The van der Waals surface area contributed by atoms with Crippen molar-refractivity contribution in [2.75, 3.05) is 0 Å². The van der Waals surface area contributed by atoms with Crippen LogP contribution in [0.1, 0.15) is 33.1 Å². The zero-order valence-corrected chi connectivity index (χ0v) is 13.3. The van der Waals surface area contributed by atoms with E-state index in [2.05, 4.69) is 11.9 Å². The summed E-state index contributed by atoms with van der Waals surface area (Å²) in [6, 6.07) is 1.74. The lowest BCUT2D eigenvalue weighted by molar-refractivity contribution is -0.132. The van der Waals surface area contributed by atoms with Crippen LogP contribution < -0.4 is 5.32 Å². The number of carbonyl (C=O) groups excluding carboxylic acids is 2. The molecule has 0 unspecified atom stereocenters. The van der Waals surface area contributed by atoms with Crippen molar-refractivity contribution >= 4 is 17.8 Å². The first kappa shape index (κ1) is 20.1. The highest BCUT2D eigenvalue weighted by molar-refractivity contribution is 6.07. The van der Waals surface area contributed by atoms with Gasteiger partial charge in [0.1, 0.15) is 0 Å². The number of rotatable bonds is 8. The van der Waals surface area contributed by atoms with Crippen molar-refractivity contribution in [3.63, 3.8) is 0 Å². The van der Waals surface area contributed by atoms with E-state index in [1.807, 2.05) is 6.92 Å². The van der Waals surface area contributed by atoms with Gasteiger partial charge in [0.25, 0.3) is 5.91 Å². The Morgan fingerprint density at radius 1 is 1.35 bits per heavy atom. The fraction of sp³-hybridized carbons (Fsp3) is 0.294. The SMILES string of the molecule is C=CC(=O)NC(=O)C(C)=CC(CCCC)=C(C=CC#N)C(=O)O. The second-order valence-electron chi connectivity index (χ2n) is 4.66. The van der Waals surface area contributed by atoms with Gasteiger partial charge in [-0.1, -0.05) is 19.9 Å². The fourth-order valence-electron chi connectivity index (χ4n) is 1.68. The molecule has 0 aliphatic heterocycles. The number of hydrogen-bond acceptors (Lipinski definition) is 4. The van der Waals surface area contributed by atoms with Crippen LogP contribution in [-0.2, 0) is 14.4 Å². The molecule has 0 radical (unpaired) electrons. The number of unbranched alkanes of at least 4 members (excludes halogenated alkanes) is 1. The van der Waals surface area contributed by atoms with Crippen LogP contribution in [0.2, 0.25) is 0 Å². The van der Waals surface area contributed by atoms with Crippen molar-refractivity contribution in [1.82, 2.24) is 5.32 Å². The molecule has 0 atom stereocenters. The second kappa shape index (κ2) is 10.7. The van der Waals surface area contributed by atoms with E-state index in [0.29, 0.717) is 12.0 Å². The number of carboxylic acid groups (broad SMARTS) is 1. The summed E-state index contributed by atoms with van der Waals surface area (Å²) < 4.78 is 0. The molecule has 0 bridgehead atoms. The summed E-state index contributed by atoms with van der Waals surface area (Å²) in [6.07, 6.45) is 6.66. The van der Waals surface area contributed by atoms with E-state index in [0.717, 1.165) is 25.0 Å². The average molecular weight is 316 g/mol. The van der Waals surface area contributed by atoms with E-state index in [4.69, 9.17) is 5.26 Å². The summed E-state index contributed by atoms with van der Waals surface area (Å²) in [6.45, 7) is 6.68. The van der Waals surface area contributed by atoms with Gasteiger partial charge >= 0.3 is 5.97 Å². The molecule has 6 heteroatoms. The van der Waals surface area contributed by atoms with Gasteiger partial charge in [-0.3, -0.25) is 14.9 Å². The minimum atomic E-state index is -1.19. The van der Waals surface area contributed by atoms with Gasteiger partial charge in [0.15, 0.2) is 0 Å². The zero-order valence-electron chi connectivity index (χ0n) is 13.3. The molecular weight excluding hydrogens is 296 g/mol. The van der Waals surface area contributed by atoms with Crippen LogP contribution in [0.15, 0.2) is 47.6 Å². The molecule has 0 saturated carbocycles. The Bertz CT molecular complexity index is 619. The van der Waals surface area contributed by atoms with Crippen molar-refractivity contribution in [1.29, 1.82) is 5.26 Å². The molecule has 0 fully saturated rings. The van der Waals surface area contributed by atoms with Crippen molar-refractivity contribution in [2.24, 2.45) is 0 Å². The average Bonchev–Trinajstić information content (AvgIpc) is 2.51. The van der Waals surface area contributed by atoms with E-state index in [9.17, 15) is 19.5 Å². The number of nitrogens with one attached hydrogen (secondary N) is 1. The van der Waals surface area contributed by atoms with Crippen LogP contribution in [0, 0.1) is 11.3 Å². The van der Waals surface area contributed by atoms with Crippen LogP contribution >= 0.6 is 0 Å². The monoisotopic (exact) mass is 316 g/mol. The van der Waals surface area contributed by atoms with Gasteiger partial charge in [-0.25, -0.2) is 4.79 Å². The third-order valence-corrected chi connectivity index (χ3v) is 2.87. The molecule has 0 aromatic heterocycles. The van der Waals surface area contributed by atoms with Crippen LogP contribution in [0.25, 0.3) is 0 Å². The highest BCUT2D eigenvalue weighted by Crippen LogP contribution is 2.18. The number of aliphatic carboxylic acids is 1. The maximum atomic E-state index is 11.8. The van der Waals surface area contributed by atoms with E-state index < -0.39 is 17.8 Å². The predicted octanol–water partition coefficient (Wildman–Crippen LogP) is 2.41. The largest absolute Gasteiger partial charge is 0.478 e. The highest BCUT2D eigenvalue weighted by Gasteiger charge is 2.13. The Balaban J connectivity index is 5.73. The number of carbonyl (C=O) groups is 3. The lowest BCUT2D eigenvalue weighted by Crippen LogP contribution is -2.29. The molecule has 0 heterocycles. The number of amides is 2. The molecule has 0 rings (SSSR count). The molecular formula is C17H20N2O4. The quantitative estimate of drug-likeness (QED) is 0.406. The Morgan fingerprint density at radius 2 is 2.00 bits per heavy atom. The molecule has 23 heavy (non-hydrogen) atoms. The van der Waals surface area contributed by atoms with Crippen molar-refractivity contribution < 1.29 is 19.5 Å². The summed E-state index contributed by atoms with van der Waals surface area (Å²) in [5.74, 6) is -2.45. The van der Waals surface area contributed by atoms with Gasteiger partial charge < -0.3 is 5.11 Å². The van der Waals surface area contributed by atoms with Crippen LogP contribution in [0.3, 0.4) is 0 Å². The lowest BCUT2D eigenvalue weighted by Gasteiger charge is -2.08. The molecule has 6 nitrogen and oxygen atoms in total. The summed E-state index contributed by atoms with van der Waals surface area (Å²) in [5, 5.41) is 20.0. The molecule has 0 aromatic rings. The Kier molecular flexibility index (Phi) is 9.37. The fourth-order valence-corrected chi connectivity index (χ4v) is 1.68. The number of nitrogens with zero attached hydrogens (tertiary/aromatic N) is 1. The summed E-state index contributed by atoms with van der Waals surface area (Å²) >= 11 is 0. The van der Waals surface area contributed by atoms with Gasteiger partial charge in [0.05, 0.1) is 11.6 Å². The van der Waals surface area contributed by atoms with Crippen LogP contribution in [0.5, 0.6) is 0 Å². The summed E-state index contributed by atoms with van der Waals surface area (Å²) in [7, 11) is 0. The van der Waals surface area contributed by atoms with Gasteiger partial charge in [-0.15, -0.1) is 0 Å². The molecule has 0 aromatic carbocycles. The van der Waals surface area contributed by atoms with E-state index in [-0.39, 0.29) is 11.1 Å². The third kappa shape index (κ3) is 7.58. The molecule has 0 saturated heterocycles. The molecule has 0 aliphatic carbocycles. The first-order valence-electron chi connectivity index (χ1n) is 7.06. The third-order valence-electron chi connectivity index (χ3n) is 2.87. The molecule has 2 N–H and O–H groups in total. The Labute approximate surface area is 135 Å². The Hall–Kier alpha value is -2.94. The van der Waals surface area contributed by atoms with Gasteiger partial charge in [0.2, 0.25) is 5.91 Å². The second-order valence-corrected chi connectivity index (χ2v) is 4.66. The number of imide groups is 1. The summed E-state index contributed by atoms with van der Waals surface area (Å²) in [5.41, 5.74) is 0.558.